The Morgan fingerprint density at radius 2 is 1.53 bits per heavy atom. The van der Waals surface area contributed by atoms with Gasteiger partial charge in [-0.2, -0.15) is 0 Å². The molecular formula is C29H29N2S+. The van der Waals surface area contributed by atoms with Crippen LogP contribution >= 0.6 is 11.8 Å². The van der Waals surface area contributed by atoms with Gasteiger partial charge in [-0.3, -0.25) is 0 Å². The third-order valence-electron chi connectivity index (χ3n) is 5.44. The molecule has 1 aliphatic carbocycles. The second-order valence-electron chi connectivity index (χ2n) is 8.24. The van der Waals surface area contributed by atoms with E-state index < -0.39 is 0 Å². The van der Waals surface area contributed by atoms with Crippen molar-refractivity contribution in [3.63, 3.8) is 0 Å². The first-order valence-electron chi connectivity index (χ1n) is 10.8. The number of nitrogens with zero attached hydrogens (tertiary/aromatic N) is 2. The monoisotopic (exact) mass is 437 g/mol. The molecular weight excluding hydrogens is 408 g/mol. The van der Waals surface area contributed by atoms with Crippen molar-refractivity contribution in [1.82, 2.24) is 0 Å². The Hall–Kier alpha value is -3.30. The summed E-state index contributed by atoms with van der Waals surface area (Å²) in [4.78, 5) is 4.65. The van der Waals surface area contributed by atoms with Gasteiger partial charge in [-0.1, -0.05) is 60.3 Å². The van der Waals surface area contributed by atoms with Crippen LogP contribution in [-0.4, -0.2) is 38.5 Å². The maximum atomic E-state index is 2.28. The maximum absolute atomic E-state index is 2.28. The lowest BCUT2D eigenvalue weighted by Crippen LogP contribution is -2.09. The molecule has 0 spiro atoms. The number of fused-ring (bicyclic) bond motifs is 1. The van der Waals surface area contributed by atoms with Crippen molar-refractivity contribution < 1.29 is 4.58 Å². The maximum Gasteiger partial charge on any atom is 0.199 e. The van der Waals surface area contributed by atoms with Crippen molar-refractivity contribution in [3.05, 3.63) is 119 Å². The molecule has 3 heteroatoms. The highest BCUT2D eigenvalue weighted by atomic mass is 32.2. The van der Waals surface area contributed by atoms with Crippen LogP contribution in [0.3, 0.4) is 0 Å². The van der Waals surface area contributed by atoms with Crippen LogP contribution in [-0.2, 0) is 0 Å². The third-order valence-corrected chi connectivity index (χ3v) is 6.50. The van der Waals surface area contributed by atoms with Crippen LogP contribution in [0.5, 0.6) is 0 Å². The van der Waals surface area contributed by atoms with E-state index in [4.69, 9.17) is 0 Å². The van der Waals surface area contributed by atoms with Gasteiger partial charge in [0.15, 0.2) is 5.71 Å². The van der Waals surface area contributed by atoms with Crippen molar-refractivity contribution in [1.29, 1.82) is 0 Å². The van der Waals surface area contributed by atoms with E-state index in [9.17, 15) is 0 Å². The van der Waals surface area contributed by atoms with E-state index in [1.165, 1.54) is 43.5 Å². The minimum atomic E-state index is 1.20. The summed E-state index contributed by atoms with van der Waals surface area (Å²) in [5, 5.41) is 0. The van der Waals surface area contributed by atoms with E-state index >= 15 is 0 Å². The molecule has 0 bridgehead atoms. The van der Waals surface area contributed by atoms with E-state index in [2.05, 4.69) is 141 Å². The highest BCUT2D eigenvalue weighted by Crippen LogP contribution is 2.40. The Labute approximate surface area is 196 Å². The summed E-state index contributed by atoms with van der Waals surface area (Å²) >= 11 is 1.82. The zero-order valence-corrected chi connectivity index (χ0v) is 19.9. The largest absolute Gasteiger partial charge is 0.378 e. The summed E-state index contributed by atoms with van der Waals surface area (Å²) in [7, 11) is 8.25. The van der Waals surface area contributed by atoms with E-state index in [0.29, 0.717) is 0 Å². The molecule has 0 saturated heterocycles. The lowest BCUT2D eigenvalue weighted by atomic mass is 10.0. The van der Waals surface area contributed by atoms with Gasteiger partial charge < -0.3 is 4.90 Å². The van der Waals surface area contributed by atoms with Crippen molar-refractivity contribution in [2.75, 3.05) is 33.1 Å². The van der Waals surface area contributed by atoms with Gasteiger partial charge in [0, 0.05) is 41.7 Å². The molecule has 1 heterocycles. The molecule has 2 aromatic carbocycles. The van der Waals surface area contributed by atoms with Crippen molar-refractivity contribution in [3.8, 4) is 0 Å². The Bertz CT molecular complexity index is 1190. The Morgan fingerprint density at radius 3 is 2.22 bits per heavy atom. The minimum Gasteiger partial charge on any atom is -0.378 e. The van der Waals surface area contributed by atoms with Crippen LogP contribution in [0.4, 0.5) is 5.69 Å². The Kier molecular flexibility index (Phi) is 6.77. The van der Waals surface area contributed by atoms with E-state index in [0.717, 1.165) is 0 Å². The number of rotatable bonds is 4. The van der Waals surface area contributed by atoms with Gasteiger partial charge in [0.1, 0.15) is 14.1 Å². The summed E-state index contributed by atoms with van der Waals surface area (Å²) < 4.78 is 2.12. The molecule has 160 valence electrons. The Balaban J connectivity index is 1.61. The van der Waals surface area contributed by atoms with Gasteiger partial charge in [-0.25, -0.2) is 4.58 Å². The quantitative estimate of drug-likeness (QED) is 0.497. The molecule has 0 fully saturated rings. The molecule has 0 atom stereocenters. The van der Waals surface area contributed by atoms with E-state index in [1.807, 2.05) is 11.8 Å². The zero-order valence-electron chi connectivity index (χ0n) is 19.1. The molecule has 2 aromatic rings. The predicted octanol–water partition coefficient (Wildman–Crippen LogP) is 6.60. The lowest BCUT2D eigenvalue weighted by Gasteiger charge is -2.17. The van der Waals surface area contributed by atoms with Gasteiger partial charge in [0.05, 0.1) is 0 Å². The molecule has 0 aromatic heterocycles. The number of anilines is 1. The van der Waals surface area contributed by atoms with Crippen LogP contribution in [0.15, 0.2) is 113 Å². The molecule has 4 rings (SSSR count). The number of benzene rings is 2. The topological polar surface area (TPSA) is 6.25 Å². The molecule has 1 aliphatic heterocycles. The fourth-order valence-electron chi connectivity index (χ4n) is 3.53. The summed E-state index contributed by atoms with van der Waals surface area (Å²) in [6, 6.07) is 17.3. The molecule has 0 N–H and O–H groups in total. The Morgan fingerprint density at radius 1 is 0.812 bits per heavy atom. The molecule has 0 unspecified atom stereocenters. The zero-order chi connectivity index (χ0) is 22.5. The van der Waals surface area contributed by atoms with Gasteiger partial charge in [0.25, 0.3) is 0 Å². The van der Waals surface area contributed by atoms with Gasteiger partial charge in [0.2, 0.25) is 0 Å². The molecule has 0 saturated carbocycles. The highest BCUT2D eigenvalue weighted by molar-refractivity contribution is 8.03. The SMILES string of the molecule is CN(C)c1ccc(/C=C/C2=CC(=C\C=C3C=CC(=[N+](C)C)C=C3)/Sc3ccccc32)cc1. The fraction of sp³-hybridized carbons (Fsp3) is 0.138. The molecule has 2 aliphatic rings. The molecule has 0 amide bonds. The first-order valence-corrected chi connectivity index (χ1v) is 11.6. The van der Waals surface area contributed by atoms with Crippen molar-refractivity contribution in [2.45, 2.75) is 4.90 Å². The average Bonchev–Trinajstić information content (AvgIpc) is 2.81. The number of hydrogen-bond donors (Lipinski definition) is 0. The summed E-state index contributed by atoms with van der Waals surface area (Å²) in [6.45, 7) is 0. The smallest absolute Gasteiger partial charge is 0.199 e. The first-order chi connectivity index (χ1) is 15.5. The van der Waals surface area contributed by atoms with Crippen LogP contribution in [0.2, 0.25) is 0 Å². The fourth-order valence-corrected chi connectivity index (χ4v) is 4.55. The number of hydrogen-bond acceptors (Lipinski definition) is 2. The van der Waals surface area contributed by atoms with E-state index in [1.54, 1.807) is 0 Å². The first kappa shape index (κ1) is 21.9. The summed E-state index contributed by atoms with van der Waals surface area (Å²) in [5.41, 5.74) is 7.34. The summed E-state index contributed by atoms with van der Waals surface area (Å²) in [5.74, 6) is 0. The summed E-state index contributed by atoms with van der Waals surface area (Å²) in [6.07, 6.45) is 19.7. The molecule has 0 radical (unpaired) electrons. The second kappa shape index (κ2) is 9.88. The second-order valence-corrected chi connectivity index (χ2v) is 9.35. The lowest BCUT2D eigenvalue weighted by molar-refractivity contribution is -0.462. The van der Waals surface area contributed by atoms with Crippen LogP contribution in [0.25, 0.3) is 11.6 Å². The van der Waals surface area contributed by atoms with Crippen LogP contribution in [0.1, 0.15) is 11.1 Å². The van der Waals surface area contributed by atoms with E-state index in [-0.39, 0.29) is 0 Å². The number of thioether (sulfide) groups is 1. The normalized spacial score (nSPS) is 16.4. The highest BCUT2D eigenvalue weighted by Gasteiger charge is 2.13. The van der Waals surface area contributed by atoms with Crippen LogP contribution in [0, 0.1) is 0 Å². The third kappa shape index (κ3) is 5.30. The molecule has 32 heavy (non-hydrogen) atoms. The van der Waals surface area contributed by atoms with Gasteiger partial charge in [-0.15, -0.1) is 0 Å². The van der Waals surface area contributed by atoms with Gasteiger partial charge in [-0.05, 0) is 64.8 Å². The molecule has 2 nitrogen and oxygen atoms in total. The average molecular weight is 438 g/mol. The number of allylic oxidation sites excluding steroid dienone is 10. The standard InChI is InChI=1S/C29H29N2S/c1-30(2)25-16-10-22(11-17-25)9-15-24-21-27(32-29-8-6-5-7-28(24)29)20-14-23-12-18-26(19-13-23)31(3)4/h5-21H,1-4H3/q+1. The predicted molar refractivity (Wildman–Crippen MR) is 142 cm³/mol. The van der Waals surface area contributed by atoms with Crippen molar-refractivity contribution >= 4 is 34.8 Å². The minimum absolute atomic E-state index is 1.20. The van der Waals surface area contributed by atoms with Crippen molar-refractivity contribution in [2.24, 2.45) is 0 Å². The van der Waals surface area contributed by atoms with Crippen LogP contribution < -0.4 is 4.90 Å². The van der Waals surface area contributed by atoms with Gasteiger partial charge >= 0.3 is 0 Å².